The van der Waals surface area contributed by atoms with Gasteiger partial charge in [0.1, 0.15) is 11.6 Å². The number of nitrogens with zero attached hydrogens (tertiary/aromatic N) is 1. The summed E-state index contributed by atoms with van der Waals surface area (Å²) in [6.07, 6.45) is 2.39. The lowest BCUT2D eigenvalue weighted by atomic mass is 10.1. The van der Waals surface area contributed by atoms with Crippen LogP contribution in [0, 0.1) is 6.92 Å². The first kappa shape index (κ1) is 21.9. The minimum atomic E-state index is -1.13. The van der Waals surface area contributed by atoms with Gasteiger partial charge in [-0.05, 0) is 44.4 Å². The van der Waals surface area contributed by atoms with Crippen LogP contribution in [-0.4, -0.2) is 34.1 Å². The molecule has 1 unspecified atom stereocenters. The van der Waals surface area contributed by atoms with Crippen molar-refractivity contribution >= 4 is 11.9 Å². The number of aryl methyl sites for hydroxylation is 1. The van der Waals surface area contributed by atoms with Gasteiger partial charge in [0.2, 0.25) is 0 Å². The van der Waals surface area contributed by atoms with E-state index in [1.54, 1.807) is 12.3 Å². The molecule has 7 nitrogen and oxygen atoms in total. The van der Waals surface area contributed by atoms with E-state index in [1.165, 1.54) is 10.6 Å². The number of rotatable bonds is 10. The van der Waals surface area contributed by atoms with Crippen molar-refractivity contribution in [2.75, 3.05) is 6.54 Å². The van der Waals surface area contributed by atoms with E-state index in [0.717, 1.165) is 16.8 Å². The molecule has 1 aromatic carbocycles. The van der Waals surface area contributed by atoms with Gasteiger partial charge in [-0.2, -0.15) is 0 Å². The van der Waals surface area contributed by atoms with Crippen molar-refractivity contribution in [1.82, 2.24) is 15.2 Å². The standard InChI is InChI=1S/C22H27N3O4/c1-15(2)23-11-5-10-19(22(28)29)24-20(26)18-9-6-12-25(21(18)27)14-17-8-4-7-16(3)13-17/h4,6-9,12-13,19,23H,1,5,10-11,14H2,2-3H3,(H,24,26)(H,28,29). The Morgan fingerprint density at radius 2 is 2.00 bits per heavy atom. The van der Waals surface area contributed by atoms with Crippen LogP contribution < -0.4 is 16.2 Å². The highest BCUT2D eigenvalue weighted by molar-refractivity contribution is 5.96. The second-order valence-corrected chi connectivity index (χ2v) is 7.06. The number of benzene rings is 1. The number of hydrogen-bond donors (Lipinski definition) is 3. The molecule has 0 saturated carbocycles. The van der Waals surface area contributed by atoms with Gasteiger partial charge in [0.05, 0.1) is 6.54 Å². The largest absolute Gasteiger partial charge is 0.480 e. The smallest absolute Gasteiger partial charge is 0.326 e. The number of carbonyl (C=O) groups excluding carboxylic acids is 1. The van der Waals surface area contributed by atoms with Gasteiger partial charge >= 0.3 is 5.97 Å². The summed E-state index contributed by atoms with van der Waals surface area (Å²) in [5.74, 6) is -1.82. The second kappa shape index (κ2) is 10.3. The average Bonchev–Trinajstić information content (AvgIpc) is 2.65. The summed E-state index contributed by atoms with van der Waals surface area (Å²) >= 11 is 0. The van der Waals surface area contributed by atoms with Crippen molar-refractivity contribution < 1.29 is 14.7 Å². The summed E-state index contributed by atoms with van der Waals surface area (Å²) in [5, 5.41) is 14.9. The van der Waals surface area contributed by atoms with Crippen molar-refractivity contribution in [3.05, 3.63) is 81.9 Å². The van der Waals surface area contributed by atoms with Crippen LogP contribution in [0.15, 0.2) is 59.7 Å². The number of amides is 1. The molecule has 2 aromatic rings. The van der Waals surface area contributed by atoms with Gasteiger partial charge in [0.15, 0.2) is 0 Å². The summed E-state index contributed by atoms with van der Waals surface area (Å²) in [7, 11) is 0. The fraction of sp³-hybridized carbons (Fsp3) is 0.318. The van der Waals surface area contributed by atoms with E-state index in [2.05, 4.69) is 17.2 Å². The van der Waals surface area contributed by atoms with Crippen LogP contribution in [0.25, 0.3) is 0 Å². The Labute approximate surface area is 170 Å². The molecule has 1 atom stereocenters. The lowest BCUT2D eigenvalue weighted by molar-refractivity contribution is -0.139. The molecule has 0 aliphatic rings. The third-order valence-electron chi connectivity index (χ3n) is 4.40. The van der Waals surface area contributed by atoms with Crippen molar-refractivity contribution in [1.29, 1.82) is 0 Å². The van der Waals surface area contributed by atoms with Crippen LogP contribution in [0.2, 0.25) is 0 Å². The van der Waals surface area contributed by atoms with Crippen molar-refractivity contribution in [3.63, 3.8) is 0 Å². The maximum absolute atomic E-state index is 12.7. The number of carboxylic acids is 1. The minimum Gasteiger partial charge on any atom is -0.480 e. The number of aromatic nitrogens is 1. The molecule has 0 fully saturated rings. The molecule has 0 bridgehead atoms. The van der Waals surface area contributed by atoms with E-state index < -0.39 is 23.5 Å². The molecule has 1 heterocycles. The van der Waals surface area contributed by atoms with Gasteiger partial charge in [0.25, 0.3) is 11.5 Å². The number of pyridine rings is 1. The van der Waals surface area contributed by atoms with E-state index in [9.17, 15) is 19.5 Å². The van der Waals surface area contributed by atoms with Crippen LogP contribution in [-0.2, 0) is 11.3 Å². The van der Waals surface area contributed by atoms with E-state index in [-0.39, 0.29) is 12.0 Å². The van der Waals surface area contributed by atoms with Crippen molar-refractivity contribution in [2.45, 2.75) is 39.3 Å². The Morgan fingerprint density at radius 1 is 1.24 bits per heavy atom. The monoisotopic (exact) mass is 397 g/mol. The zero-order valence-electron chi connectivity index (χ0n) is 16.8. The molecule has 1 aromatic heterocycles. The lowest BCUT2D eigenvalue weighted by Crippen LogP contribution is -2.43. The highest BCUT2D eigenvalue weighted by atomic mass is 16.4. The van der Waals surface area contributed by atoms with Gasteiger partial charge in [0, 0.05) is 18.4 Å². The third kappa shape index (κ3) is 6.64. The number of nitrogens with one attached hydrogen (secondary N) is 2. The number of aliphatic carboxylic acids is 1. The van der Waals surface area contributed by atoms with Crippen LogP contribution in [0.5, 0.6) is 0 Å². The SMILES string of the molecule is C=C(C)NCCCC(NC(=O)c1cccn(Cc2cccc(C)c2)c1=O)C(=O)O. The van der Waals surface area contributed by atoms with Gasteiger partial charge in [-0.1, -0.05) is 36.4 Å². The van der Waals surface area contributed by atoms with E-state index in [0.29, 0.717) is 19.5 Å². The Kier molecular flexibility index (Phi) is 7.77. The van der Waals surface area contributed by atoms with Crippen LogP contribution in [0.4, 0.5) is 0 Å². The fourth-order valence-electron chi connectivity index (χ4n) is 2.94. The van der Waals surface area contributed by atoms with Gasteiger partial charge in [-0.25, -0.2) is 4.79 Å². The molecular formula is C22H27N3O4. The molecule has 0 radical (unpaired) electrons. The van der Waals surface area contributed by atoms with Crippen LogP contribution in [0.3, 0.4) is 0 Å². The molecule has 0 aliphatic heterocycles. The Hall–Kier alpha value is -3.35. The van der Waals surface area contributed by atoms with Gasteiger partial charge < -0.3 is 20.3 Å². The predicted octanol–water partition coefficient (Wildman–Crippen LogP) is 2.29. The molecule has 2 rings (SSSR count). The zero-order chi connectivity index (χ0) is 21.4. The number of carbonyl (C=O) groups is 2. The first-order valence-electron chi connectivity index (χ1n) is 9.46. The molecule has 3 N–H and O–H groups in total. The maximum Gasteiger partial charge on any atom is 0.326 e. The molecular weight excluding hydrogens is 370 g/mol. The molecule has 29 heavy (non-hydrogen) atoms. The predicted molar refractivity (Wildman–Crippen MR) is 112 cm³/mol. The third-order valence-corrected chi connectivity index (χ3v) is 4.40. The van der Waals surface area contributed by atoms with Crippen molar-refractivity contribution in [2.24, 2.45) is 0 Å². The Bertz CT molecular complexity index is 949. The molecule has 0 spiro atoms. The molecule has 1 amide bonds. The summed E-state index contributed by atoms with van der Waals surface area (Å²) in [4.78, 5) is 36.8. The molecule has 0 aliphatic carbocycles. The number of hydrogen-bond acceptors (Lipinski definition) is 4. The summed E-state index contributed by atoms with van der Waals surface area (Å²) in [6.45, 7) is 8.38. The normalized spacial score (nSPS) is 11.5. The lowest BCUT2D eigenvalue weighted by Gasteiger charge is -2.15. The maximum atomic E-state index is 12.7. The Morgan fingerprint density at radius 3 is 2.66 bits per heavy atom. The number of allylic oxidation sites excluding steroid dienone is 1. The first-order chi connectivity index (χ1) is 13.8. The van der Waals surface area contributed by atoms with Crippen LogP contribution >= 0.6 is 0 Å². The second-order valence-electron chi connectivity index (χ2n) is 7.06. The van der Waals surface area contributed by atoms with Crippen molar-refractivity contribution in [3.8, 4) is 0 Å². The highest BCUT2D eigenvalue weighted by Gasteiger charge is 2.22. The molecule has 7 heteroatoms. The van der Waals surface area contributed by atoms with Gasteiger partial charge in [-0.3, -0.25) is 9.59 Å². The molecule has 0 saturated heterocycles. The highest BCUT2D eigenvalue weighted by Crippen LogP contribution is 2.06. The zero-order valence-corrected chi connectivity index (χ0v) is 16.8. The van der Waals surface area contributed by atoms with Gasteiger partial charge in [-0.15, -0.1) is 0 Å². The minimum absolute atomic E-state index is 0.0773. The van der Waals surface area contributed by atoms with E-state index >= 15 is 0 Å². The number of carboxylic acid groups (broad SMARTS) is 1. The van der Waals surface area contributed by atoms with Crippen LogP contribution in [0.1, 0.15) is 41.3 Å². The first-order valence-corrected chi connectivity index (χ1v) is 9.46. The topological polar surface area (TPSA) is 100 Å². The van der Waals surface area contributed by atoms with E-state index in [4.69, 9.17) is 0 Å². The fourth-order valence-corrected chi connectivity index (χ4v) is 2.94. The quantitative estimate of drug-likeness (QED) is 0.534. The summed E-state index contributed by atoms with van der Waals surface area (Å²) in [6, 6.07) is 9.70. The average molecular weight is 397 g/mol. The molecule has 154 valence electrons. The Balaban J connectivity index is 2.10. The van der Waals surface area contributed by atoms with E-state index in [1.807, 2.05) is 38.1 Å². The summed E-state index contributed by atoms with van der Waals surface area (Å²) < 4.78 is 1.44. The summed E-state index contributed by atoms with van der Waals surface area (Å²) in [5.41, 5.74) is 2.28.